The second-order valence-corrected chi connectivity index (χ2v) is 4.20. The fourth-order valence-corrected chi connectivity index (χ4v) is 1.85. The molecule has 1 unspecified atom stereocenters. The topological polar surface area (TPSA) is 73.1 Å². The standard InChI is InChI=1S/C11H18N4O/c1-8-10(12)14-7-15-11(8)13-5-9-3-2-4-16-6-9/h7,9H,2-6H2,1H3,(H3,12,13,14,15). The van der Waals surface area contributed by atoms with Crippen molar-refractivity contribution in [1.29, 1.82) is 0 Å². The van der Waals surface area contributed by atoms with Crippen LogP contribution in [-0.2, 0) is 4.74 Å². The maximum Gasteiger partial charge on any atom is 0.134 e. The second-order valence-electron chi connectivity index (χ2n) is 4.20. The minimum absolute atomic E-state index is 0.539. The first-order valence-electron chi connectivity index (χ1n) is 5.66. The van der Waals surface area contributed by atoms with Crippen molar-refractivity contribution in [3.05, 3.63) is 11.9 Å². The zero-order valence-electron chi connectivity index (χ0n) is 9.57. The molecular weight excluding hydrogens is 204 g/mol. The Morgan fingerprint density at radius 1 is 1.56 bits per heavy atom. The first-order valence-corrected chi connectivity index (χ1v) is 5.66. The molecule has 0 saturated carbocycles. The molecule has 0 amide bonds. The van der Waals surface area contributed by atoms with E-state index in [9.17, 15) is 0 Å². The molecule has 0 bridgehead atoms. The van der Waals surface area contributed by atoms with Gasteiger partial charge in [-0.3, -0.25) is 0 Å². The zero-order valence-corrected chi connectivity index (χ0v) is 9.57. The van der Waals surface area contributed by atoms with E-state index in [1.165, 1.54) is 12.7 Å². The van der Waals surface area contributed by atoms with Gasteiger partial charge in [0.25, 0.3) is 0 Å². The van der Waals surface area contributed by atoms with Gasteiger partial charge in [-0.15, -0.1) is 0 Å². The first-order chi connectivity index (χ1) is 7.77. The van der Waals surface area contributed by atoms with Crippen molar-refractivity contribution >= 4 is 11.6 Å². The van der Waals surface area contributed by atoms with E-state index in [4.69, 9.17) is 10.5 Å². The summed E-state index contributed by atoms with van der Waals surface area (Å²) in [5, 5.41) is 3.31. The van der Waals surface area contributed by atoms with E-state index in [1.54, 1.807) is 0 Å². The smallest absolute Gasteiger partial charge is 0.134 e. The molecule has 1 aromatic rings. The van der Waals surface area contributed by atoms with E-state index in [1.807, 2.05) is 6.92 Å². The molecule has 1 atom stereocenters. The Morgan fingerprint density at radius 3 is 3.19 bits per heavy atom. The maximum atomic E-state index is 5.71. The summed E-state index contributed by atoms with van der Waals surface area (Å²) >= 11 is 0. The average Bonchev–Trinajstić information content (AvgIpc) is 2.32. The molecule has 0 aliphatic carbocycles. The van der Waals surface area contributed by atoms with Gasteiger partial charge in [-0.05, 0) is 25.7 Å². The first kappa shape index (κ1) is 11.1. The van der Waals surface area contributed by atoms with Gasteiger partial charge in [-0.1, -0.05) is 0 Å². The molecular formula is C11H18N4O. The Balaban J connectivity index is 1.91. The number of hydrogen-bond acceptors (Lipinski definition) is 5. The van der Waals surface area contributed by atoms with Crippen LogP contribution in [0.5, 0.6) is 0 Å². The lowest BCUT2D eigenvalue weighted by atomic mass is 10.0. The van der Waals surface area contributed by atoms with Gasteiger partial charge in [0.2, 0.25) is 0 Å². The Kier molecular flexibility index (Phi) is 3.56. The van der Waals surface area contributed by atoms with Crippen molar-refractivity contribution in [3.8, 4) is 0 Å². The highest BCUT2D eigenvalue weighted by molar-refractivity contribution is 5.53. The van der Waals surface area contributed by atoms with Gasteiger partial charge in [-0.25, -0.2) is 9.97 Å². The van der Waals surface area contributed by atoms with Crippen molar-refractivity contribution in [2.24, 2.45) is 5.92 Å². The lowest BCUT2D eigenvalue weighted by Crippen LogP contribution is -2.25. The number of rotatable bonds is 3. The highest BCUT2D eigenvalue weighted by Gasteiger charge is 2.14. The minimum atomic E-state index is 0.539. The Bertz CT molecular complexity index is 350. The van der Waals surface area contributed by atoms with Crippen molar-refractivity contribution in [1.82, 2.24) is 9.97 Å². The average molecular weight is 222 g/mol. The van der Waals surface area contributed by atoms with Crippen LogP contribution in [0.15, 0.2) is 6.33 Å². The van der Waals surface area contributed by atoms with Gasteiger partial charge in [0, 0.05) is 18.7 Å². The molecule has 1 aromatic heterocycles. The van der Waals surface area contributed by atoms with Crippen molar-refractivity contribution in [2.75, 3.05) is 30.8 Å². The Labute approximate surface area is 95.4 Å². The molecule has 1 fully saturated rings. The number of anilines is 2. The third kappa shape index (κ3) is 2.61. The third-order valence-electron chi connectivity index (χ3n) is 2.94. The van der Waals surface area contributed by atoms with E-state index >= 15 is 0 Å². The van der Waals surface area contributed by atoms with E-state index in [0.717, 1.165) is 37.6 Å². The molecule has 2 rings (SSSR count). The molecule has 1 aliphatic rings. The number of nitrogens with two attached hydrogens (primary N) is 1. The summed E-state index contributed by atoms with van der Waals surface area (Å²) in [6, 6.07) is 0. The van der Waals surface area contributed by atoms with Crippen molar-refractivity contribution in [2.45, 2.75) is 19.8 Å². The molecule has 1 saturated heterocycles. The SMILES string of the molecule is Cc1c(N)ncnc1NCC1CCCOC1. The molecule has 3 N–H and O–H groups in total. The van der Waals surface area contributed by atoms with E-state index < -0.39 is 0 Å². The highest BCUT2D eigenvalue weighted by Crippen LogP contribution is 2.18. The van der Waals surface area contributed by atoms with Crippen LogP contribution in [0.4, 0.5) is 11.6 Å². The summed E-state index contributed by atoms with van der Waals surface area (Å²) in [6.07, 6.45) is 3.85. The Hall–Kier alpha value is -1.36. The molecule has 88 valence electrons. The van der Waals surface area contributed by atoms with Gasteiger partial charge in [0.05, 0.1) is 6.61 Å². The van der Waals surface area contributed by atoms with Gasteiger partial charge in [0.15, 0.2) is 0 Å². The van der Waals surface area contributed by atoms with Crippen LogP contribution in [0.25, 0.3) is 0 Å². The summed E-state index contributed by atoms with van der Waals surface area (Å²) < 4.78 is 5.43. The van der Waals surface area contributed by atoms with Crippen molar-refractivity contribution < 1.29 is 4.74 Å². The fourth-order valence-electron chi connectivity index (χ4n) is 1.85. The zero-order chi connectivity index (χ0) is 11.4. The summed E-state index contributed by atoms with van der Waals surface area (Å²) in [4.78, 5) is 8.12. The number of hydrogen-bond donors (Lipinski definition) is 2. The molecule has 16 heavy (non-hydrogen) atoms. The number of ether oxygens (including phenoxy) is 1. The maximum absolute atomic E-state index is 5.71. The van der Waals surface area contributed by atoms with Crippen LogP contribution < -0.4 is 11.1 Å². The molecule has 0 aromatic carbocycles. The van der Waals surface area contributed by atoms with Gasteiger partial charge in [0.1, 0.15) is 18.0 Å². The number of nitrogens with one attached hydrogen (secondary N) is 1. The molecule has 0 radical (unpaired) electrons. The van der Waals surface area contributed by atoms with Crippen molar-refractivity contribution in [3.63, 3.8) is 0 Å². The molecule has 0 spiro atoms. The summed E-state index contributed by atoms with van der Waals surface area (Å²) in [5.41, 5.74) is 6.63. The lowest BCUT2D eigenvalue weighted by Gasteiger charge is -2.22. The van der Waals surface area contributed by atoms with Crippen LogP contribution in [0.1, 0.15) is 18.4 Å². The number of nitrogens with zero attached hydrogens (tertiary/aromatic N) is 2. The van der Waals surface area contributed by atoms with Gasteiger partial charge in [-0.2, -0.15) is 0 Å². The fraction of sp³-hybridized carbons (Fsp3) is 0.636. The molecule has 1 aliphatic heterocycles. The van der Waals surface area contributed by atoms with Crippen LogP contribution in [0.2, 0.25) is 0 Å². The summed E-state index contributed by atoms with van der Waals surface area (Å²) in [7, 11) is 0. The predicted octanol–water partition coefficient (Wildman–Crippen LogP) is 1.21. The van der Waals surface area contributed by atoms with Crippen LogP contribution in [0, 0.1) is 12.8 Å². The third-order valence-corrected chi connectivity index (χ3v) is 2.94. The van der Waals surface area contributed by atoms with E-state index in [0.29, 0.717) is 11.7 Å². The van der Waals surface area contributed by atoms with Crippen LogP contribution in [0.3, 0.4) is 0 Å². The minimum Gasteiger partial charge on any atom is -0.383 e. The molecule has 5 heteroatoms. The largest absolute Gasteiger partial charge is 0.383 e. The van der Waals surface area contributed by atoms with Gasteiger partial charge >= 0.3 is 0 Å². The number of aromatic nitrogens is 2. The Morgan fingerprint density at radius 2 is 2.44 bits per heavy atom. The van der Waals surface area contributed by atoms with E-state index in [-0.39, 0.29) is 0 Å². The number of nitrogen functional groups attached to an aromatic ring is 1. The quantitative estimate of drug-likeness (QED) is 0.804. The summed E-state index contributed by atoms with van der Waals surface area (Å²) in [5.74, 6) is 1.94. The monoisotopic (exact) mass is 222 g/mol. The lowest BCUT2D eigenvalue weighted by molar-refractivity contribution is 0.0595. The molecule has 2 heterocycles. The van der Waals surface area contributed by atoms with Crippen LogP contribution in [-0.4, -0.2) is 29.7 Å². The van der Waals surface area contributed by atoms with Crippen LogP contribution >= 0.6 is 0 Å². The van der Waals surface area contributed by atoms with E-state index in [2.05, 4.69) is 15.3 Å². The predicted molar refractivity (Wildman–Crippen MR) is 63.2 cm³/mol. The summed E-state index contributed by atoms with van der Waals surface area (Å²) in [6.45, 7) is 4.55. The molecule has 5 nitrogen and oxygen atoms in total. The normalized spacial score (nSPS) is 20.7. The highest BCUT2D eigenvalue weighted by atomic mass is 16.5. The van der Waals surface area contributed by atoms with Gasteiger partial charge < -0.3 is 15.8 Å². The second kappa shape index (κ2) is 5.12.